The van der Waals surface area contributed by atoms with E-state index in [4.69, 9.17) is 0 Å². The van der Waals surface area contributed by atoms with Gasteiger partial charge in [0.1, 0.15) is 11.4 Å². The van der Waals surface area contributed by atoms with Crippen LogP contribution in [-0.2, 0) is 5.54 Å². The van der Waals surface area contributed by atoms with E-state index in [1.807, 2.05) is 28.6 Å². The zero-order chi connectivity index (χ0) is 20.5. The van der Waals surface area contributed by atoms with Gasteiger partial charge < -0.3 is 14.6 Å². The molecule has 2 heterocycles. The Labute approximate surface area is 167 Å². The lowest BCUT2D eigenvalue weighted by Gasteiger charge is -2.63. The molecule has 4 fully saturated rings. The van der Waals surface area contributed by atoms with Crippen molar-refractivity contribution in [1.82, 2.24) is 14.6 Å². The predicted octanol–water partition coefficient (Wildman–Crippen LogP) is 1.95. The minimum absolute atomic E-state index is 0.112. The summed E-state index contributed by atoms with van der Waals surface area (Å²) in [5.41, 5.74) is 0.120. The lowest BCUT2D eigenvalue weighted by molar-refractivity contribution is -0.0860. The number of piperazine rings is 1. The van der Waals surface area contributed by atoms with Crippen LogP contribution < -0.4 is 10.3 Å². The molecule has 4 aliphatic rings. The third-order valence-electron chi connectivity index (χ3n) is 6.98. The summed E-state index contributed by atoms with van der Waals surface area (Å²) in [4.78, 5) is 26.4. The zero-order valence-electron chi connectivity index (χ0n) is 16.7. The number of carboxylic acids is 1. The summed E-state index contributed by atoms with van der Waals surface area (Å²) in [6.45, 7) is 2.96. The van der Waals surface area contributed by atoms with Gasteiger partial charge in [-0.3, -0.25) is 4.79 Å². The van der Waals surface area contributed by atoms with E-state index in [1.165, 1.54) is 12.3 Å². The molecule has 29 heavy (non-hydrogen) atoms. The number of anilines is 1. The van der Waals surface area contributed by atoms with Crippen molar-refractivity contribution in [2.24, 2.45) is 5.92 Å². The van der Waals surface area contributed by atoms with Crippen LogP contribution in [-0.4, -0.2) is 65.9 Å². The molecule has 154 valence electrons. The average molecular weight is 400 g/mol. The number of fused-ring (bicyclic) bond motifs is 1. The molecule has 0 radical (unpaired) electrons. The molecule has 7 nitrogen and oxygen atoms in total. The fraction of sp³-hybridized carbons (Fsp3) is 0.524. The van der Waals surface area contributed by atoms with Crippen LogP contribution >= 0.6 is 0 Å². The molecule has 3 aliphatic carbocycles. The molecular formula is C21H25FN4O3. The van der Waals surface area contributed by atoms with Gasteiger partial charge in [0.15, 0.2) is 0 Å². The van der Waals surface area contributed by atoms with Crippen molar-refractivity contribution in [2.75, 3.05) is 45.2 Å². The summed E-state index contributed by atoms with van der Waals surface area (Å²) < 4.78 is 17.0. The number of carbonyl (C=O) groups is 1. The number of aromatic nitrogens is 1. The first-order valence-corrected chi connectivity index (χ1v) is 10.1. The monoisotopic (exact) mass is 400 g/mol. The SMILES string of the molecule is CN(C)N1CCN(c2cc3c(cc2F)c(=O)c(C(=O)O)cn3C23CC(C2)C3)CC1. The summed E-state index contributed by atoms with van der Waals surface area (Å²) in [6, 6.07) is 2.99. The maximum absolute atomic E-state index is 15.0. The Hall–Kier alpha value is -2.45. The summed E-state index contributed by atoms with van der Waals surface area (Å²) in [5, 5.41) is 13.9. The topological polar surface area (TPSA) is 69.0 Å². The lowest BCUT2D eigenvalue weighted by atomic mass is 9.49. The van der Waals surface area contributed by atoms with E-state index in [0.717, 1.165) is 32.4 Å². The third kappa shape index (κ3) is 2.69. The second-order valence-electron chi connectivity index (χ2n) is 8.86. The number of aromatic carboxylic acids is 1. The zero-order valence-corrected chi connectivity index (χ0v) is 16.7. The van der Waals surface area contributed by atoms with Gasteiger partial charge in [0.05, 0.1) is 11.2 Å². The van der Waals surface area contributed by atoms with E-state index >= 15 is 4.39 Å². The van der Waals surface area contributed by atoms with E-state index in [2.05, 4.69) is 5.01 Å². The minimum Gasteiger partial charge on any atom is -0.477 e. The van der Waals surface area contributed by atoms with Crippen molar-refractivity contribution in [3.8, 4) is 0 Å². The van der Waals surface area contributed by atoms with Crippen LogP contribution in [0.5, 0.6) is 0 Å². The van der Waals surface area contributed by atoms with E-state index in [9.17, 15) is 14.7 Å². The Morgan fingerprint density at radius 3 is 2.34 bits per heavy atom. The van der Waals surface area contributed by atoms with Crippen molar-refractivity contribution >= 4 is 22.6 Å². The number of nitrogens with zero attached hydrogens (tertiary/aromatic N) is 4. The van der Waals surface area contributed by atoms with Crippen molar-refractivity contribution in [3.05, 3.63) is 39.9 Å². The quantitative estimate of drug-likeness (QED) is 0.846. The van der Waals surface area contributed by atoms with Crippen LogP contribution in [0.2, 0.25) is 0 Å². The van der Waals surface area contributed by atoms with Crippen LogP contribution in [0.3, 0.4) is 0 Å². The molecule has 3 saturated carbocycles. The van der Waals surface area contributed by atoms with Crippen LogP contribution in [0, 0.1) is 11.7 Å². The summed E-state index contributed by atoms with van der Waals surface area (Å²) in [7, 11) is 3.99. The molecule has 2 bridgehead atoms. The standard InChI is InChI=1S/C21H25FN4O3/c1-23(2)25-5-3-24(4-6-25)18-8-17-14(7-16(18)22)19(27)15(20(28)29)12-26(17)21-9-13(10-21)11-21/h7-8,12-13H,3-6,9-11H2,1-2H3,(H,28,29). The summed E-state index contributed by atoms with van der Waals surface area (Å²) in [6.07, 6.45) is 4.47. The number of hydrogen-bond donors (Lipinski definition) is 1. The smallest absolute Gasteiger partial charge is 0.341 e. The van der Waals surface area contributed by atoms with Gasteiger partial charge in [0.2, 0.25) is 5.43 Å². The highest BCUT2D eigenvalue weighted by Crippen LogP contribution is 2.62. The van der Waals surface area contributed by atoms with Crippen molar-refractivity contribution < 1.29 is 14.3 Å². The molecule has 1 aromatic heterocycles. The van der Waals surface area contributed by atoms with Crippen molar-refractivity contribution in [2.45, 2.75) is 24.8 Å². The second kappa shape index (κ2) is 6.27. The Morgan fingerprint density at radius 2 is 1.83 bits per heavy atom. The first kappa shape index (κ1) is 18.6. The van der Waals surface area contributed by atoms with Gasteiger partial charge in [-0.1, -0.05) is 0 Å². The molecule has 0 atom stereocenters. The first-order valence-electron chi connectivity index (χ1n) is 10.1. The average Bonchev–Trinajstić information content (AvgIpc) is 2.61. The van der Waals surface area contributed by atoms with Gasteiger partial charge in [-0.15, -0.1) is 0 Å². The van der Waals surface area contributed by atoms with E-state index < -0.39 is 17.2 Å². The highest BCUT2D eigenvalue weighted by atomic mass is 19.1. The second-order valence-corrected chi connectivity index (χ2v) is 8.86. The largest absolute Gasteiger partial charge is 0.477 e. The van der Waals surface area contributed by atoms with E-state index in [0.29, 0.717) is 30.2 Å². The maximum atomic E-state index is 15.0. The fourth-order valence-corrected chi connectivity index (χ4v) is 5.19. The molecule has 2 aromatic rings. The third-order valence-corrected chi connectivity index (χ3v) is 6.98. The Morgan fingerprint density at radius 1 is 1.17 bits per heavy atom. The number of benzene rings is 1. The summed E-state index contributed by atoms with van der Waals surface area (Å²) >= 11 is 0. The minimum atomic E-state index is -1.26. The molecule has 1 N–H and O–H groups in total. The fourth-order valence-electron chi connectivity index (χ4n) is 5.19. The van der Waals surface area contributed by atoms with Crippen LogP contribution in [0.4, 0.5) is 10.1 Å². The predicted molar refractivity (Wildman–Crippen MR) is 108 cm³/mol. The van der Waals surface area contributed by atoms with Gasteiger partial charge in [0.25, 0.3) is 0 Å². The number of pyridine rings is 1. The van der Waals surface area contributed by atoms with Gasteiger partial charge in [-0.25, -0.2) is 19.2 Å². The molecule has 8 heteroatoms. The van der Waals surface area contributed by atoms with E-state index in [1.54, 1.807) is 6.07 Å². The van der Waals surface area contributed by atoms with Gasteiger partial charge >= 0.3 is 5.97 Å². The number of carboxylic acid groups (broad SMARTS) is 1. The van der Waals surface area contributed by atoms with E-state index in [-0.39, 0.29) is 16.5 Å². The van der Waals surface area contributed by atoms with Crippen LogP contribution in [0.15, 0.2) is 23.1 Å². The van der Waals surface area contributed by atoms with Gasteiger partial charge in [0, 0.05) is 57.4 Å². The number of rotatable bonds is 4. The number of halogens is 1. The molecule has 0 amide bonds. The molecular weight excluding hydrogens is 375 g/mol. The molecule has 0 unspecified atom stereocenters. The molecule has 1 aromatic carbocycles. The molecule has 6 rings (SSSR count). The number of hydrazine groups is 1. The Balaban J connectivity index is 1.62. The number of hydrogen-bond acceptors (Lipinski definition) is 5. The van der Waals surface area contributed by atoms with Crippen LogP contribution in [0.1, 0.15) is 29.6 Å². The van der Waals surface area contributed by atoms with Gasteiger partial charge in [-0.05, 0) is 37.3 Å². The van der Waals surface area contributed by atoms with Crippen molar-refractivity contribution in [1.29, 1.82) is 0 Å². The highest BCUT2D eigenvalue weighted by molar-refractivity contribution is 5.93. The lowest BCUT2D eigenvalue weighted by Crippen LogP contribution is -2.59. The van der Waals surface area contributed by atoms with Crippen LogP contribution in [0.25, 0.3) is 10.9 Å². The molecule has 0 spiro atoms. The summed E-state index contributed by atoms with van der Waals surface area (Å²) in [5.74, 6) is -1.04. The Bertz CT molecular complexity index is 1050. The van der Waals surface area contributed by atoms with Gasteiger partial charge in [-0.2, -0.15) is 0 Å². The molecule has 1 aliphatic heterocycles. The maximum Gasteiger partial charge on any atom is 0.341 e. The highest BCUT2D eigenvalue weighted by Gasteiger charge is 2.58. The Kier molecular flexibility index (Phi) is 4.02. The first-order chi connectivity index (χ1) is 13.8. The normalized spacial score (nSPS) is 26.5. The van der Waals surface area contributed by atoms with Crippen molar-refractivity contribution in [3.63, 3.8) is 0 Å². The molecule has 1 saturated heterocycles.